The fourth-order valence-electron chi connectivity index (χ4n) is 4.23. The molecule has 0 unspecified atom stereocenters. The summed E-state index contributed by atoms with van der Waals surface area (Å²) in [6, 6.07) is 8.02. The van der Waals surface area contributed by atoms with Gasteiger partial charge in [0.1, 0.15) is 11.2 Å². The van der Waals surface area contributed by atoms with E-state index in [1.807, 2.05) is 35.0 Å². The molecule has 5 heterocycles. The summed E-state index contributed by atoms with van der Waals surface area (Å²) in [6.45, 7) is 3.27. The zero-order chi connectivity index (χ0) is 19.0. The number of nitrogens with zero attached hydrogens (tertiary/aromatic N) is 2. The molecule has 2 aliphatic rings. The van der Waals surface area contributed by atoms with Gasteiger partial charge in [0.15, 0.2) is 0 Å². The first-order chi connectivity index (χ1) is 13.7. The Morgan fingerprint density at radius 2 is 2.13 bits per heavy atom. The largest absolute Gasteiger partial charge is 0.369 e. The van der Waals surface area contributed by atoms with E-state index in [1.54, 1.807) is 11.3 Å². The van der Waals surface area contributed by atoms with Gasteiger partial charge in [-0.25, -0.2) is 4.98 Å². The van der Waals surface area contributed by atoms with Gasteiger partial charge in [-0.3, -0.25) is 4.79 Å². The molecule has 0 aliphatic carbocycles. The molecule has 0 atom stereocenters. The first-order valence-corrected chi connectivity index (χ1v) is 10.7. The van der Waals surface area contributed by atoms with Crippen LogP contribution in [0, 0.1) is 0 Å². The number of nitrogens with one attached hydrogen (secondary N) is 2. The molecule has 1 spiro atoms. The molecule has 0 radical (unpaired) electrons. The average molecular weight is 469 g/mol. The van der Waals surface area contributed by atoms with Gasteiger partial charge in [-0.05, 0) is 56.1 Å². The number of pyridine rings is 1. The van der Waals surface area contributed by atoms with Gasteiger partial charge in [-0.15, -0.1) is 36.2 Å². The van der Waals surface area contributed by atoms with E-state index < -0.39 is 0 Å². The highest BCUT2D eigenvalue weighted by molar-refractivity contribution is 7.14. The van der Waals surface area contributed by atoms with Gasteiger partial charge in [0.05, 0.1) is 17.2 Å². The summed E-state index contributed by atoms with van der Waals surface area (Å²) in [5, 5.41) is 6.47. The lowest BCUT2D eigenvalue weighted by Crippen LogP contribution is -2.43. The maximum Gasteiger partial charge on any atom is 0.261 e. The lowest BCUT2D eigenvalue weighted by molar-refractivity contribution is -0.0771. The zero-order valence-corrected chi connectivity index (χ0v) is 19.0. The highest BCUT2D eigenvalue weighted by atomic mass is 35.5. The molecule has 2 aliphatic heterocycles. The number of carbonyl (C=O) groups excluding carboxylic acids is 1. The van der Waals surface area contributed by atoms with Crippen molar-refractivity contribution in [2.75, 3.05) is 26.2 Å². The second kappa shape index (κ2) is 9.66. The molecular formula is C21H26Cl2N4O2S. The van der Waals surface area contributed by atoms with Crippen LogP contribution in [-0.4, -0.2) is 41.5 Å². The van der Waals surface area contributed by atoms with Gasteiger partial charge in [-0.2, -0.15) is 0 Å². The third kappa shape index (κ3) is 4.36. The maximum absolute atomic E-state index is 12.7. The minimum absolute atomic E-state index is 0. The Bertz CT molecular complexity index is 981. The van der Waals surface area contributed by atoms with Gasteiger partial charge in [0.25, 0.3) is 5.91 Å². The van der Waals surface area contributed by atoms with Gasteiger partial charge >= 0.3 is 0 Å². The molecule has 0 aromatic carbocycles. The number of ether oxygens (including phenoxy) is 1. The van der Waals surface area contributed by atoms with Gasteiger partial charge in [0, 0.05) is 30.2 Å². The molecule has 9 heteroatoms. The smallest absolute Gasteiger partial charge is 0.261 e. The Morgan fingerprint density at radius 3 is 2.93 bits per heavy atom. The average Bonchev–Trinajstić information content (AvgIpc) is 3.33. The molecular weight excluding hydrogens is 443 g/mol. The van der Waals surface area contributed by atoms with E-state index in [9.17, 15) is 4.79 Å². The van der Waals surface area contributed by atoms with Crippen molar-refractivity contribution in [2.45, 2.75) is 31.3 Å². The van der Waals surface area contributed by atoms with Crippen LogP contribution >= 0.6 is 36.2 Å². The summed E-state index contributed by atoms with van der Waals surface area (Å²) in [7, 11) is 0. The van der Waals surface area contributed by atoms with Crippen LogP contribution in [0.4, 0.5) is 0 Å². The van der Waals surface area contributed by atoms with Crippen molar-refractivity contribution < 1.29 is 9.53 Å². The topological polar surface area (TPSA) is 67.7 Å². The first kappa shape index (κ1) is 23.0. The SMILES string of the molecule is Cl.Cl.O=C(NCCc1cn2ccccc2n1)c1cc2c(s1)C1(CCNCC1)OCC2. The summed E-state index contributed by atoms with van der Waals surface area (Å²) < 4.78 is 8.22. The number of carbonyl (C=O) groups is 1. The van der Waals surface area contributed by atoms with E-state index in [1.165, 1.54) is 10.4 Å². The van der Waals surface area contributed by atoms with Crippen molar-refractivity contribution in [3.05, 3.63) is 57.7 Å². The van der Waals surface area contributed by atoms with Crippen LogP contribution in [-0.2, 0) is 23.2 Å². The lowest BCUT2D eigenvalue weighted by Gasteiger charge is -2.40. The Kier molecular flexibility index (Phi) is 7.42. The van der Waals surface area contributed by atoms with Crippen molar-refractivity contribution in [3.8, 4) is 0 Å². The molecule has 3 aromatic heterocycles. The van der Waals surface area contributed by atoms with E-state index in [-0.39, 0.29) is 36.3 Å². The lowest BCUT2D eigenvalue weighted by atomic mass is 9.86. The number of imidazole rings is 1. The third-order valence-electron chi connectivity index (χ3n) is 5.69. The number of thiophene rings is 1. The molecule has 1 saturated heterocycles. The molecule has 0 bridgehead atoms. The van der Waals surface area contributed by atoms with Crippen LogP contribution in [0.2, 0.25) is 0 Å². The van der Waals surface area contributed by atoms with Crippen LogP contribution in [0.3, 0.4) is 0 Å². The summed E-state index contributed by atoms with van der Waals surface area (Å²) in [6.07, 6.45) is 7.58. The number of halogens is 2. The van der Waals surface area contributed by atoms with E-state index in [0.29, 0.717) is 6.54 Å². The number of rotatable bonds is 4. The molecule has 1 fully saturated rings. The monoisotopic (exact) mass is 468 g/mol. The van der Waals surface area contributed by atoms with Crippen LogP contribution in [0.1, 0.15) is 38.6 Å². The van der Waals surface area contributed by atoms with Crippen molar-refractivity contribution in [1.82, 2.24) is 20.0 Å². The first-order valence-electron chi connectivity index (χ1n) is 9.92. The van der Waals surface area contributed by atoms with E-state index in [0.717, 1.165) is 61.6 Å². The van der Waals surface area contributed by atoms with Crippen LogP contribution in [0.15, 0.2) is 36.7 Å². The molecule has 2 N–H and O–H groups in total. The molecule has 1 amide bonds. The maximum atomic E-state index is 12.7. The number of amides is 1. The summed E-state index contributed by atoms with van der Waals surface area (Å²) in [5.41, 5.74) is 3.03. The van der Waals surface area contributed by atoms with Gasteiger partial charge in [-0.1, -0.05) is 6.07 Å². The third-order valence-corrected chi connectivity index (χ3v) is 7.05. The Hall–Kier alpha value is -1.64. The quantitative estimate of drug-likeness (QED) is 0.615. The van der Waals surface area contributed by atoms with Crippen molar-refractivity contribution in [1.29, 1.82) is 0 Å². The Labute approximate surface area is 192 Å². The van der Waals surface area contributed by atoms with E-state index >= 15 is 0 Å². The second-order valence-electron chi connectivity index (χ2n) is 7.51. The second-order valence-corrected chi connectivity index (χ2v) is 8.56. The molecule has 3 aromatic rings. The molecule has 0 saturated carbocycles. The van der Waals surface area contributed by atoms with Crippen molar-refractivity contribution in [3.63, 3.8) is 0 Å². The predicted octanol–water partition coefficient (Wildman–Crippen LogP) is 3.36. The number of aromatic nitrogens is 2. The van der Waals surface area contributed by atoms with Gasteiger partial charge < -0.3 is 19.8 Å². The Morgan fingerprint density at radius 1 is 1.30 bits per heavy atom. The fraction of sp³-hybridized carbons (Fsp3) is 0.429. The Balaban J connectivity index is 0.00000128. The normalized spacial score (nSPS) is 17.1. The summed E-state index contributed by atoms with van der Waals surface area (Å²) >= 11 is 1.61. The fourth-order valence-corrected chi connectivity index (χ4v) is 5.56. The number of hydrogen-bond acceptors (Lipinski definition) is 5. The number of hydrogen-bond donors (Lipinski definition) is 2. The highest BCUT2D eigenvalue weighted by Crippen LogP contribution is 2.44. The standard InChI is InChI=1S/C21H24N4O2S.2ClH/c26-20(23-8-4-16-14-25-11-2-1-3-18(25)24-16)17-13-15-5-12-27-21(19(15)28-17)6-9-22-10-7-21;;/h1-3,11,13-14,22H,4-10,12H2,(H,23,26);2*1H. The van der Waals surface area contributed by atoms with Crippen LogP contribution in [0.5, 0.6) is 0 Å². The molecule has 5 rings (SSSR count). The summed E-state index contributed by atoms with van der Waals surface area (Å²) in [4.78, 5) is 19.4. The minimum Gasteiger partial charge on any atom is -0.369 e. The summed E-state index contributed by atoms with van der Waals surface area (Å²) in [5.74, 6) is 0.00671. The molecule has 162 valence electrons. The number of fused-ring (bicyclic) bond motifs is 3. The number of piperidine rings is 1. The van der Waals surface area contributed by atoms with Crippen molar-refractivity contribution >= 4 is 47.7 Å². The van der Waals surface area contributed by atoms with E-state index in [2.05, 4.69) is 21.7 Å². The molecule has 6 nitrogen and oxygen atoms in total. The van der Waals surface area contributed by atoms with Crippen molar-refractivity contribution in [2.24, 2.45) is 0 Å². The zero-order valence-electron chi connectivity index (χ0n) is 16.6. The van der Waals surface area contributed by atoms with Crippen LogP contribution < -0.4 is 10.6 Å². The predicted molar refractivity (Wildman–Crippen MR) is 123 cm³/mol. The molecule has 30 heavy (non-hydrogen) atoms. The highest BCUT2D eigenvalue weighted by Gasteiger charge is 2.41. The minimum atomic E-state index is -0.182. The van der Waals surface area contributed by atoms with E-state index in [4.69, 9.17) is 4.74 Å². The van der Waals surface area contributed by atoms with Gasteiger partial charge in [0.2, 0.25) is 0 Å². The van der Waals surface area contributed by atoms with Crippen LogP contribution in [0.25, 0.3) is 5.65 Å².